The number of alkyl halides is 6. The number of carbonyl (C=O) groups excluding carboxylic acids is 3. The Morgan fingerprint density at radius 1 is 0.870 bits per heavy atom. The quantitative estimate of drug-likeness (QED) is 0.0951. The highest BCUT2D eigenvalue weighted by Gasteiger charge is 2.52. The van der Waals surface area contributed by atoms with Crippen molar-refractivity contribution in [3.05, 3.63) is 119 Å². The number of methoxy groups -OCH3 is 1. The Balaban J connectivity index is 1.82. The van der Waals surface area contributed by atoms with Gasteiger partial charge in [0.1, 0.15) is 12.2 Å². The lowest BCUT2D eigenvalue weighted by Gasteiger charge is -2.52. The van der Waals surface area contributed by atoms with Gasteiger partial charge in [0.15, 0.2) is 0 Å². The third-order valence-electron chi connectivity index (χ3n) is 8.82. The van der Waals surface area contributed by atoms with E-state index in [1.54, 1.807) is 81.4 Å². The molecule has 0 spiro atoms. The number of piperidine rings is 1. The minimum atomic E-state index is -5.08. The van der Waals surface area contributed by atoms with Gasteiger partial charge in [-0.2, -0.15) is 26.3 Å². The second kappa shape index (κ2) is 16.5. The summed E-state index contributed by atoms with van der Waals surface area (Å²) in [6, 6.07) is 18.4. The summed E-state index contributed by atoms with van der Waals surface area (Å²) in [6.07, 6.45) is -10.8. The van der Waals surface area contributed by atoms with Crippen molar-refractivity contribution in [2.45, 2.75) is 82.3 Å². The van der Waals surface area contributed by atoms with Gasteiger partial charge in [-0.1, -0.05) is 66.7 Å². The predicted octanol–water partition coefficient (Wildman–Crippen LogP) is 9.12. The lowest BCUT2D eigenvalue weighted by Crippen LogP contribution is -2.66. The lowest BCUT2D eigenvalue weighted by atomic mass is 9.74. The average Bonchev–Trinajstić information content (AvgIpc) is 3.11. The van der Waals surface area contributed by atoms with Crippen molar-refractivity contribution in [3.63, 3.8) is 0 Å². The number of halogens is 6. The number of nitrogens with one attached hydrogen (secondary N) is 1. The number of likely N-dealkylation sites (tertiary alicyclic amines) is 1. The fraction of sp³-hybridized carbons (Fsp3) is 0.410. The fourth-order valence-corrected chi connectivity index (χ4v) is 6.05. The van der Waals surface area contributed by atoms with Gasteiger partial charge in [-0.05, 0) is 75.4 Å². The Morgan fingerprint density at radius 3 is 1.98 bits per heavy atom. The molecule has 15 heteroatoms. The average molecular weight is 765 g/mol. The first-order chi connectivity index (χ1) is 25.2. The number of ether oxygens (including phenoxy) is 4. The lowest BCUT2D eigenvalue weighted by molar-refractivity contribution is -0.143. The first kappa shape index (κ1) is 41.7. The van der Waals surface area contributed by atoms with E-state index in [0.717, 1.165) is 13.2 Å². The van der Waals surface area contributed by atoms with E-state index in [9.17, 15) is 40.7 Å². The van der Waals surface area contributed by atoms with Crippen molar-refractivity contribution < 1.29 is 59.7 Å². The number of carbonyl (C=O) groups is 3. The number of amides is 2. The number of benzene rings is 3. The first-order valence-electron chi connectivity index (χ1n) is 16.9. The largest absolute Gasteiger partial charge is 0.466 e. The first-order valence-corrected chi connectivity index (χ1v) is 16.9. The molecule has 3 aromatic carbocycles. The van der Waals surface area contributed by atoms with Gasteiger partial charge in [-0.25, -0.2) is 14.4 Å². The van der Waals surface area contributed by atoms with E-state index in [2.05, 4.69) is 5.32 Å². The number of hydrogen-bond donors (Lipinski definition) is 1. The van der Waals surface area contributed by atoms with Crippen LogP contribution >= 0.6 is 0 Å². The maximum atomic E-state index is 14.3. The third kappa shape index (κ3) is 10.8. The maximum absolute atomic E-state index is 14.3. The van der Waals surface area contributed by atoms with E-state index in [1.807, 2.05) is 0 Å². The Labute approximate surface area is 309 Å². The zero-order chi connectivity index (χ0) is 40.0. The van der Waals surface area contributed by atoms with Crippen LogP contribution in [0.25, 0.3) is 0 Å². The molecule has 1 aliphatic heterocycles. The zero-order valence-electron chi connectivity index (χ0n) is 30.3. The molecule has 2 amide bonds. The molecule has 1 aliphatic rings. The van der Waals surface area contributed by atoms with Gasteiger partial charge in [0, 0.05) is 6.08 Å². The van der Waals surface area contributed by atoms with Gasteiger partial charge in [-0.15, -0.1) is 0 Å². The molecule has 0 aromatic heterocycles. The van der Waals surface area contributed by atoms with Crippen molar-refractivity contribution in [2.24, 2.45) is 0 Å². The fourth-order valence-electron chi connectivity index (χ4n) is 6.05. The topological polar surface area (TPSA) is 103 Å². The van der Waals surface area contributed by atoms with Crippen molar-refractivity contribution >= 4 is 18.2 Å². The van der Waals surface area contributed by atoms with Crippen LogP contribution in [-0.4, -0.2) is 54.5 Å². The minimum absolute atomic E-state index is 0.0120. The SMILES string of the molecule is COC(=O)/C=C/C1(NC(=O)OC(C)(C)C)CC[C@@](CO[C@H](C)c2cc(C(F)(F)F)cc(C(F)(F)F)c2)(c2ccccc2)N(C(=O)OCc2ccccc2)C1. The standard InChI is InChI=1S/C39H42F6N2O7/c1-26(28-20-30(38(40,41)42)22-31(21-28)39(43,44)45)53-25-37(29-14-10-7-11-15-29)19-18-36(17-16-32(48)51-5,46-33(49)54-35(2,3)4)24-47(37)34(50)52-23-27-12-8-6-9-13-27/h6-17,20-22,26H,18-19,23-25H2,1-5H3,(H,46,49)/b17-16+/t26-,36?,37-/m1/s1. The van der Waals surface area contributed by atoms with Crippen LogP contribution < -0.4 is 5.32 Å². The molecule has 1 fully saturated rings. The number of alkyl carbamates (subject to hydrolysis) is 1. The number of esters is 1. The molecule has 1 N–H and O–H groups in total. The summed E-state index contributed by atoms with van der Waals surface area (Å²) in [7, 11) is 1.16. The van der Waals surface area contributed by atoms with E-state index < -0.39 is 76.6 Å². The Bertz CT molecular complexity index is 1760. The highest BCUT2D eigenvalue weighted by atomic mass is 19.4. The van der Waals surface area contributed by atoms with Crippen LogP contribution in [0.5, 0.6) is 0 Å². The third-order valence-corrected chi connectivity index (χ3v) is 8.82. The second-order valence-corrected chi connectivity index (χ2v) is 14.0. The van der Waals surface area contributed by atoms with E-state index in [-0.39, 0.29) is 32.1 Å². The molecular formula is C39H42F6N2O7. The zero-order valence-corrected chi connectivity index (χ0v) is 30.3. The number of rotatable bonds is 10. The van der Waals surface area contributed by atoms with Crippen LogP contribution in [0.1, 0.15) is 74.5 Å². The second-order valence-electron chi connectivity index (χ2n) is 14.0. The van der Waals surface area contributed by atoms with E-state index in [4.69, 9.17) is 18.9 Å². The summed E-state index contributed by atoms with van der Waals surface area (Å²) >= 11 is 0. The molecule has 1 saturated heterocycles. The smallest absolute Gasteiger partial charge is 0.416 e. The van der Waals surface area contributed by atoms with Crippen molar-refractivity contribution in [1.29, 1.82) is 0 Å². The normalized spacial score (nSPS) is 19.9. The highest BCUT2D eigenvalue weighted by Crippen LogP contribution is 2.44. The minimum Gasteiger partial charge on any atom is -0.466 e. The van der Waals surface area contributed by atoms with Gasteiger partial charge < -0.3 is 24.3 Å². The molecule has 9 nitrogen and oxygen atoms in total. The van der Waals surface area contributed by atoms with Gasteiger partial charge in [-0.3, -0.25) is 4.90 Å². The summed E-state index contributed by atoms with van der Waals surface area (Å²) in [5, 5.41) is 2.79. The molecule has 0 bridgehead atoms. The van der Waals surface area contributed by atoms with Crippen LogP contribution in [0, 0.1) is 0 Å². The molecule has 0 radical (unpaired) electrons. The molecule has 0 aliphatic carbocycles. The Kier molecular flexibility index (Phi) is 12.8. The van der Waals surface area contributed by atoms with E-state index >= 15 is 0 Å². The molecular weight excluding hydrogens is 722 g/mol. The van der Waals surface area contributed by atoms with E-state index in [0.29, 0.717) is 23.3 Å². The maximum Gasteiger partial charge on any atom is 0.416 e. The number of hydrogen-bond acceptors (Lipinski definition) is 7. The van der Waals surface area contributed by atoms with Gasteiger partial charge >= 0.3 is 30.5 Å². The molecule has 292 valence electrons. The monoisotopic (exact) mass is 764 g/mol. The summed E-state index contributed by atoms with van der Waals surface area (Å²) in [4.78, 5) is 41.1. The predicted molar refractivity (Wildman–Crippen MR) is 185 cm³/mol. The van der Waals surface area contributed by atoms with Gasteiger partial charge in [0.05, 0.1) is 48.6 Å². The Morgan fingerprint density at radius 2 is 1.44 bits per heavy atom. The molecule has 3 atom stereocenters. The summed E-state index contributed by atoms with van der Waals surface area (Å²) in [5.74, 6) is -0.755. The van der Waals surface area contributed by atoms with Crippen molar-refractivity contribution in [1.82, 2.24) is 10.2 Å². The van der Waals surface area contributed by atoms with E-state index in [1.165, 1.54) is 17.9 Å². The molecule has 3 aromatic rings. The highest BCUT2D eigenvalue weighted by molar-refractivity contribution is 5.82. The van der Waals surface area contributed by atoms with Crippen LogP contribution in [0.2, 0.25) is 0 Å². The van der Waals surface area contributed by atoms with Crippen LogP contribution in [0.4, 0.5) is 35.9 Å². The van der Waals surface area contributed by atoms with Crippen molar-refractivity contribution in [3.8, 4) is 0 Å². The summed E-state index contributed by atoms with van der Waals surface area (Å²) in [5.41, 5.74) is -6.10. The van der Waals surface area contributed by atoms with Crippen LogP contribution in [0.15, 0.2) is 91.0 Å². The number of nitrogens with zero attached hydrogens (tertiary/aromatic N) is 1. The Hall–Kier alpha value is -5.05. The summed E-state index contributed by atoms with van der Waals surface area (Å²) in [6.45, 7) is 5.31. The van der Waals surface area contributed by atoms with Gasteiger partial charge in [0.25, 0.3) is 0 Å². The molecule has 54 heavy (non-hydrogen) atoms. The molecule has 4 rings (SSSR count). The molecule has 1 heterocycles. The van der Waals surface area contributed by atoms with Crippen LogP contribution in [0.3, 0.4) is 0 Å². The van der Waals surface area contributed by atoms with Crippen LogP contribution in [-0.2, 0) is 48.2 Å². The van der Waals surface area contributed by atoms with Gasteiger partial charge in [0.2, 0.25) is 0 Å². The molecule has 1 unspecified atom stereocenters. The summed E-state index contributed by atoms with van der Waals surface area (Å²) < 4.78 is 105. The van der Waals surface area contributed by atoms with Crippen molar-refractivity contribution in [2.75, 3.05) is 20.3 Å². The molecule has 0 saturated carbocycles.